The third-order valence-corrected chi connectivity index (χ3v) is 5.55. The van der Waals surface area contributed by atoms with E-state index in [1.54, 1.807) is 41.2 Å². The maximum absolute atomic E-state index is 13.9. The van der Waals surface area contributed by atoms with Gasteiger partial charge in [0.15, 0.2) is 23.2 Å². The van der Waals surface area contributed by atoms with Gasteiger partial charge in [0.2, 0.25) is 0 Å². The van der Waals surface area contributed by atoms with Crippen LogP contribution in [0.25, 0.3) is 11.2 Å². The minimum absolute atomic E-state index is 0.303. The zero-order chi connectivity index (χ0) is 22.1. The van der Waals surface area contributed by atoms with Crippen LogP contribution in [-0.2, 0) is 11.2 Å². The van der Waals surface area contributed by atoms with Crippen molar-refractivity contribution in [2.75, 3.05) is 5.32 Å². The Morgan fingerprint density at radius 3 is 2.75 bits per heavy atom. The lowest BCUT2D eigenvalue weighted by Gasteiger charge is -2.16. The van der Waals surface area contributed by atoms with Crippen LogP contribution >= 0.6 is 0 Å². The summed E-state index contributed by atoms with van der Waals surface area (Å²) in [5, 5.41) is 24.3. The summed E-state index contributed by atoms with van der Waals surface area (Å²) in [6, 6.07) is 10.1. The maximum atomic E-state index is 13.9. The molecule has 0 amide bonds. The van der Waals surface area contributed by atoms with Crippen molar-refractivity contribution < 1.29 is 19.3 Å². The summed E-state index contributed by atoms with van der Waals surface area (Å²) in [4.78, 5) is 17.0. The molecule has 4 heterocycles. The summed E-state index contributed by atoms with van der Waals surface area (Å²) in [5.74, 6) is 0.175. The number of benzene rings is 1. The number of fused-ring (bicyclic) bond motifs is 1. The molecule has 0 saturated carbocycles. The number of aryl methyl sites for hydroxylation is 1. The second kappa shape index (κ2) is 8.58. The zero-order valence-corrected chi connectivity index (χ0v) is 16.9. The number of aliphatic hydroxyl groups is 2. The van der Waals surface area contributed by atoms with Crippen molar-refractivity contribution in [1.82, 2.24) is 24.5 Å². The summed E-state index contributed by atoms with van der Waals surface area (Å²) < 4.78 is 21.5. The first-order valence-corrected chi connectivity index (χ1v) is 10.2. The van der Waals surface area contributed by atoms with E-state index in [2.05, 4.69) is 25.3 Å². The molecule has 10 heteroatoms. The highest BCUT2D eigenvalue weighted by Gasteiger charge is 2.44. The SMILES string of the molecule is O[C@@H]1[C@H](O)[C@@H](CCc2ccccc2F)O[C@H]1n1cnc2c(Nc3cccnc3)ncnc21. The Morgan fingerprint density at radius 2 is 1.94 bits per heavy atom. The van der Waals surface area contributed by atoms with Crippen molar-refractivity contribution in [1.29, 1.82) is 0 Å². The number of halogens is 1. The molecule has 1 aliphatic rings. The van der Waals surface area contributed by atoms with Crippen LogP contribution in [-0.4, -0.2) is 53.0 Å². The Kier molecular flexibility index (Phi) is 5.48. The molecule has 0 bridgehead atoms. The van der Waals surface area contributed by atoms with Gasteiger partial charge in [-0.3, -0.25) is 9.55 Å². The largest absolute Gasteiger partial charge is 0.388 e. The molecule has 4 aromatic rings. The monoisotopic (exact) mass is 436 g/mol. The standard InChI is InChI=1S/C22H21FN6O3/c23-15-6-2-1-4-13(15)7-8-16-18(30)19(31)22(32-16)29-12-27-17-20(25-11-26-21(17)29)28-14-5-3-9-24-10-14/h1-6,9-12,16,18-19,22,30-31H,7-8H2,(H,25,26,28)/t16-,18-,19-,22-/m1/s1. The molecule has 0 unspecified atom stereocenters. The van der Waals surface area contributed by atoms with Gasteiger partial charge in [0.05, 0.1) is 24.3 Å². The maximum Gasteiger partial charge on any atom is 0.167 e. The van der Waals surface area contributed by atoms with Gasteiger partial charge in [0.25, 0.3) is 0 Å². The second-order valence-electron chi connectivity index (χ2n) is 7.59. The van der Waals surface area contributed by atoms with Gasteiger partial charge >= 0.3 is 0 Å². The van der Waals surface area contributed by atoms with Crippen LogP contribution in [0, 0.1) is 5.82 Å². The van der Waals surface area contributed by atoms with E-state index in [0.717, 1.165) is 5.69 Å². The van der Waals surface area contributed by atoms with Gasteiger partial charge in [-0.1, -0.05) is 18.2 Å². The molecular formula is C22H21FN6O3. The molecule has 4 atom stereocenters. The van der Waals surface area contributed by atoms with E-state index in [1.807, 2.05) is 6.07 Å². The number of ether oxygens (including phenoxy) is 1. The van der Waals surface area contributed by atoms with Gasteiger partial charge in [-0.2, -0.15) is 0 Å². The van der Waals surface area contributed by atoms with Crippen molar-refractivity contribution in [3.63, 3.8) is 0 Å². The van der Waals surface area contributed by atoms with Gasteiger partial charge in [-0.05, 0) is 36.6 Å². The third-order valence-electron chi connectivity index (χ3n) is 5.55. The first kappa shape index (κ1) is 20.4. The molecule has 3 aromatic heterocycles. The van der Waals surface area contributed by atoms with Crippen molar-refractivity contribution >= 4 is 22.7 Å². The number of hydrogen-bond acceptors (Lipinski definition) is 8. The summed E-state index contributed by atoms with van der Waals surface area (Å²) in [5.41, 5.74) is 2.20. The molecule has 32 heavy (non-hydrogen) atoms. The number of pyridine rings is 1. The average Bonchev–Trinajstić information content (AvgIpc) is 3.36. The summed E-state index contributed by atoms with van der Waals surface area (Å²) in [7, 11) is 0. The Hall–Kier alpha value is -3.47. The predicted molar refractivity (Wildman–Crippen MR) is 113 cm³/mol. The lowest BCUT2D eigenvalue weighted by Crippen LogP contribution is -2.31. The van der Waals surface area contributed by atoms with Gasteiger partial charge in [-0.15, -0.1) is 0 Å². The molecule has 0 radical (unpaired) electrons. The molecule has 1 aliphatic heterocycles. The molecule has 9 nitrogen and oxygen atoms in total. The average molecular weight is 436 g/mol. The summed E-state index contributed by atoms with van der Waals surface area (Å²) >= 11 is 0. The van der Waals surface area contributed by atoms with Gasteiger partial charge < -0.3 is 20.3 Å². The number of rotatable bonds is 6. The van der Waals surface area contributed by atoms with E-state index in [9.17, 15) is 14.6 Å². The van der Waals surface area contributed by atoms with Crippen LogP contribution in [0.5, 0.6) is 0 Å². The van der Waals surface area contributed by atoms with Crippen molar-refractivity contribution in [2.45, 2.75) is 37.4 Å². The molecular weight excluding hydrogens is 415 g/mol. The fraction of sp³-hybridized carbons (Fsp3) is 0.273. The topological polar surface area (TPSA) is 118 Å². The second-order valence-corrected chi connectivity index (χ2v) is 7.59. The lowest BCUT2D eigenvalue weighted by molar-refractivity contribution is -0.0368. The van der Waals surface area contributed by atoms with Crippen LogP contribution in [0.1, 0.15) is 18.2 Å². The molecule has 164 valence electrons. The van der Waals surface area contributed by atoms with Crippen molar-refractivity contribution in [3.8, 4) is 0 Å². The van der Waals surface area contributed by atoms with E-state index >= 15 is 0 Å². The highest BCUT2D eigenvalue weighted by Crippen LogP contribution is 2.34. The van der Waals surface area contributed by atoms with E-state index < -0.39 is 24.5 Å². The third kappa shape index (κ3) is 3.79. The Bertz CT molecular complexity index is 1220. The first-order valence-electron chi connectivity index (χ1n) is 10.2. The molecule has 0 spiro atoms. The number of nitrogens with zero attached hydrogens (tertiary/aromatic N) is 5. The number of aromatic nitrogens is 5. The van der Waals surface area contributed by atoms with Crippen LogP contribution in [0.15, 0.2) is 61.4 Å². The summed E-state index contributed by atoms with van der Waals surface area (Å²) in [6.45, 7) is 0. The molecule has 1 saturated heterocycles. The molecule has 3 N–H and O–H groups in total. The minimum atomic E-state index is -1.19. The molecule has 5 rings (SSSR count). The number of nitrogens with one attached hydrogen (secondary N) is 1. The van der Waals surface area contributed by atoms with Crippen LogP contribution < -0.4 is 5.32 Å². The van der Waals surface area contributed by atoms with Crippen LogP contribution in [0.4, 0.5) is 15.9 Å². The van der Waals surface area contributed by atoms with Gasteiger partial charge in [0.1, 0.15) is 24.4 Å². The molecule has 1 fully saturated rings. The van der Waals surface area contributed by atoms with Crippen LogP contribution in [0.3, 0.4) is 0 Å². The predicted octanol–water partition coefficient (Wildman–Crippen LogP) is 2.36. The highest BCUT2D eigenvalue weighted by molar-refractivity contribution is 5.85. The Balaban J connectivity index is 1.37. The smallest absolute Gasteiger partial charge is 0.167 e. The zero-order valence-electron chi connectivity index (χ0n) is 16.9. The van der Waals surface area contributed by atoms with E-state index in [0.29, 0.717) is 35.4 Å². The molecule has 0 aliphatic carbocycles. The van der Waals surface area contributed by atoms with E-state index in [-0.39, 0.29) is 5.82 Å². The van der Waals surface area contributed by atoms with Crippen molar-refractivity contribution in [3.05, 3.63) is 72.8 Å². The van der Waals surface area contributed by atoms with Crippen molar-refractivity contribution in [2.24, 2.45) is 0 Å². The highest BCUT2D eigenvalue weighted by atomic mass is 19.1. The number of imidazole rings is 1. The Labute approximate surface area is 182 Å². The lowest BCUT2D eigenvalue weighted by atomic mass is 10.0. The number of hydrogen-bond donors (Lipinski definition) is 3. The fourth-order valence-electron chi connectivity index (χ4n) is 3.90. The minimum Gasteiger partial charge on any atom is -0.388 e. The van der Waals surface area contributed by atoms with E-state index in [4.69, 9.17) is 4.74 Å². The molecule has 1 aromatic carbocycles. The Morgan fingerprint density at radius 1 is 1.06 bits per heavy atom. The van der Waals surface area contributed by atoms with E-state index in [1.165, 1.54) is 18.7 Å². The van der Waals surface area contributed by atoms with Gasteiger partial charge in [0, 0.05) is 6.20 Å². The fourth-order valence-corrected chi connectivity index (χ4v) is 3.90. The van der Waals surface area contributed by atoms with Gasteiger partial charge in [-0.25, -0.2) is 19.3 Å². The van der Waals surface area contributed by atoms with Crippen LogP contribution in [0.2, 0.25) is 0 Å². The number of anilines is 2. The summed E-state index contributed by atoms with van der Waals surface area (Å²) in [6.07, 6.45) is 3.06. The first-order chi connectivity index (χ1) is 15.6. The normalized spacial score (nSPS) is 23.0. The number of aliphatic hydroxyl groups excluding tert-OH is 2. The quantitative estimate of drug-likeness (QED) is 0.422.